The average Bonchev–Trinajstić information content (AvgIpc) is 2.99. The highest BCUT2D eigenvalue weighted by atomic mass is 32.2. The van der Waals surface area contributed by atoms with E-state index in [0.717, 1.165) is 13.1 Å². The lowest BCUT2D eigenvalue weighted by Gasteiger charge is -2.26. The molecule has 186 valence electrons. The van der Waals surface area contributed by atoms with Crippen LogP contribution in [0.1, 0.15) is 26.3 Å². The predicted octanol–water partition coefficient (Wildman–Crippen LogP) is 3.21. The number of anilines is 1. The SMILES string of the molecule is O=C(NCCN1CCOCC1)c1ccc2c(c1)N(Cc1ccc(F)cc1)C(=O)c1ccccc1[S@]2=O. The highest BCUT2D eigenvalue weighted by molar-refractivity contribution is 7.85. The fourth-order valence-electron chi connectivity index (χ4n) is 4.39. The summed E-state index contributed by atoms with van der Waals surface area (Å²) in [6, 6.07) is 17.6. The number of ether oxygens (including phenoxy) is 1. The van der Waals surface area contributed by atoms with Gasteiger partial charge in [-0.25, -0.2) is 8.60 Å². The molecule has 0 bridgehead atoms. The predicted molar refractivity (Wildman–Crippen MR) is 134 cm³/mol. The highest BCUT2D eigenvalue weighted by Crippen LogP contribution is 2.36. The fourth-order valence-corrected chi connectivity index (χ4v) is 5.73. The molecule has 0 aromatic heterocycles. The molecule has 1 atom stereocenters. The number of hydrogen-bond acceptors (Lipinski definition) is 5. The van der Waals surface area contributed by atoms with Crippen molar-refractivity contribution in [3.63, 3.8) is 0 Å². The molecule has 0 radical (unpaired) electrons. The third-order valence-electron chi connectivity index (χ3n) is 6.35. The molecule has 2 aliphatic rings. The Kier molecular flexibility index (Phi) is 7.22. The van der Waals surface area contributed by atoms with Crippen LogP contribution in [0, 0.1) is 5.82 Å². The molecule has 0 saturated carbocycles. The van der Waals surface area contributed by atoms with E-state index in [1.54, 1.807) is 54.6 Å². The van der Waals surface area contributed by atoms with Crippen molar-refractivity contribution in [2.75, 3.05) is 44.3 Å². The Labute approximate surface area is 211 Å². The zero-order valence-electron chi connectivity index (χ0n) is 19.6. The normalized spacial score (nSPS) is 17.8. The maximum absolute atomic E-state index is 13.6. The second-order valence-electron chi connectivity index (χ2n) is 8.68. The van der Waals surface area contributed by atoms with E-state index in [0.29, 0.717) is 58.5 Å². The largest absolute Gasteiger partial charge is 0.379 e. The summed E-state index contributed by atoms with van der Waals surface area (Å²) in [7, 11) is -1.61. The van der Waals surface area contributed by atoms with Crippen molar-refractivity contribution in [2.24, 2.45) is 0 Å². The number of amides is 2. The summed E-state index contributed by atoms with van der Waals surface area (Å²) in [5, 5.41) is 2.94. The van der Waals surface area contributed by atoms with Gasteiger partial charge in [0.05, 0.1) is 51.6 Å². The fraction of sp³-hybridized carbons (Fsp3) is 0.259. The number of benzene rings is 3. The zero-order chi connectivity index (χ0) is 25.1. The number of carbonyl (C=O) groups is 2. The molecule has 7 nitrogen and oxygen atoms in total. The molecule has 0 aliphatic carbocycles. The van der Waals surface area contributed by atoms with Crippen LogP contribution < -0.4 is 10.2 Å². The van der Waals surface area contributed by atoms with Crippen LogP contribution >= 0.6 is 0 Å². The summed E-state index contributed by atoms with van der Waals surface area (Å²) < 4.78 is 32.3. The Morgan fingerprint density at radius 3 is 2.53 bits per heavy atom. The van der Waals surface area contributed by atoms with Crippen molar-refractivity contribution in [3.8, 4) is 0 Å². The van der Waals surface area contributed by atoms with Gasteiger partial charge in [0.2, 0.25) is 0 Å². The number of rotatable bonds is 6. The quantitative estimate of drug-likeness (QED) is 0.555. The van der Waals surface area contributed by atoms with Crippen molar-refractivity contribution < 1.29 is 22.9 Å². The highest BCUT2D eigenvalue weighted by Gasteiger charge is 2.31. The van der Waals surface area contributed by atoms with Crippen LogP contribution in [0.2, 0.25) is 0 Å². The van der Waals surface area contributed by atoms with Gasteiger partial charge in [-0.1, -0.05) is 24.3 Å². The van der Waals surface area contributed by atoms with Crippen LogP contribution in [0.15, 0.2) is 76.5 Å². The molecule has 0 unspecified atom stereocenters. The number of nitrogens with zero attached hydrogens (tertiary/aromatic N) is 2. The molecular weight excluding hydrogens is 481 g/mol. The van der Waals surface area contributed by atoms with Crippen molar-refractivity contribution >= 4 is 28.3 Å². The Hall–Kier alpha value is -3.40. The van der Waals surface area contributed by atoms with Crippen molar-refractivity contribution in [2.45, 2.75) is 16.3 Å². The van der Waals surface area contributed by atoms with Crippen molar-refractivity contribution in [1.82, 2.24) is 10.2 Å². The first kappa shape index (κ1) is 24.3. The Bertz CT molecular complexity index is 1310. The van der Waals surface area contributed by atoms with Crippen LogP contribution in [-0.4, -0.2) is 60.3 Å². The first-order valence-corrected chi connectivity index (χ1v) is 13.0. The first-order valence-electron chi connectivity index (χ1n) is 11.8. The Balaban J connectivity index is 1.45. The average molecular weight is 508 g/mol. The monoisotopic (exact) mass is 507 g/mol. The lowest BCUT2D eigenvalue weighted by Crippen LogP contribution is -2.41. The molecule has 5 rings (SSSR count). The molecule has 1 saturated heterocycles. The zero-order valence-corrected chi connectivity index (χ0v) is 20.4. The molecule has 9 heteroatoms. The molecule has 36 heavy (non-hydrogen) atoms. The van der Waals surface area contributed by atoms with E-state index in [1.807, 2.05) is 0 Å². The summed E-state index contributed by atoms with van der Waals surface area (Å²) in [6.45, 7) is 4.38. The molecule has 2 amide bonds. The molecule has 0 spiro atoms. The minimum Gasteiger partial charge on any atom is -0.379 e. The first-order chi connectivity index (χ1) is 17.5. The molecule has 3 aromatic carbocycles. The van der Waals surface area contributed by atoms with E-state index in [-0.39, 0.29) is 24.2 Å². The van der Waals surface area contributed by atoms with Crippen molar-refractivity contribution in [1.29, 1.82) is 0 Å². The third-order valence-corrected chi connectivity index (χ3v) is 7.85. The van der Waals surface area contributed by atoms with E-state index < -0.39 is 10.8 Å². The van der Waals surface area contributed by atoms with Gasteiger partial charge in [-0.15, -0.1) is 0 Å². The minimum absolute atomic E-state index is 0.139. The molecule has 2 heterocycles. The third kappa shape index (κ3) is 5.09. The summed E-state index contributed by atoms with van der Waals surface area (Å²) in [5.74, 6) is -0.969. The lowest BCUT2D eigenvalue weighted by atomic mass is 10.1. The molecular formula is C27H26FN3O4S. The van der Waals surface area contributed by atoms with E-state index in [9.17, 15) is 18.2 Å². The van der Waals surface area contributed by atoms with Gasteiger partial charge in [0.15, 0.2) is 0 Å². The number of fused-ring (bicyclic) bond motifs is 2. The van der Waals surface area contributed by atoms with Crippen LogP contribution in [0.5, 0.6) is 0 Å². The number of carbonyl (C=O) groups excluding carboxylic acids is 2. The van der Waals surface area contributed by atoms with E-state index >= 15 is 0 Å². The summed E-state index contributed by atoms with van der Waals surface area (Å²) in [6.07, 6.45) is 0. The van der Waals surface area contributed by atoms with Crippen molar-refractivity contribution in [3.05, 3.63) is 89.2 Å². The molecule has 1 fully saturated rings. The van der Waals surface area contributed by atoms with Crippen LogP contribution in [0.3, 0.4) is 0 Å². The van der Waals surface area contributed by atoms with Gasteiger partial charge >= 0.3 is 0 Å². The molecule has 1 N–H and O–H groups in total. The topological polar surface area (TPSA) is 79.0 Å². The maximum atomic E-state index is 13.6. The Morgan fingerprint density at radius 2 is 1.75 bits per heavy atom. The van der Waals surface area contributed by atoms with Gasteiger partial charge < -0.3 is 15.0 Å². The van der Waals surface area contributed by atoms with E-state index in [2.05, 4.69) is 10.2 Å². The number of halogens is 1. The van der Waals surface area contributed by atoms with Gasteiger partial charge in [0.25, 0.3) is 11.8 Å². The second kappa shape index (κ2) is 10.7. The second-order valence-corrected chi connectivity index (χ2v) is 10.1. The number of morpholine rings is 1. The summed E-state index contributed by atoms with van der Waals surface area (Å²) >= 11 is 0. The lowest BCUT2D eigenvalue weighted by molar-refractivity contribution is 0.0383. The van der Waals surface area contributed by atoms with E-state index in [1.165, 1.54) is 17.0 Å². The van der Waals surface area contributed by atoms with Gasteiger partial charge in [-0.3, -0.25) is 14.5 Å². The maximum Gasteiger partial charge on any atom is 0.259 e. The van der Waals surface area contributed by atoms with E-state index in [4.69, 9.17) is 4.74 Å². The smallest absolute Gasteiger partial charge is 0.259 e. The number of hydrogen-bond donors (Lipinski definition) is 1. The number of nitrogens with one attached hydrogen (secondary N) is 1. The summed E-state index contributed by atoms with van der Waals surface area (Å²) in [5.41, 5.74) is 1.82. The minimum atomic E-state index is -1.61. The van der Waals surface area contributed by atoms with Crippen LogP contribution in [0.25, 0.3) is 0 Å². The van der Waals surface area contributed by atoms with Gasteiger partial charge in [0.1, 0.15) is 5.82 Å². The Morgan fingerprint density at radius 1 is 1.00 bits per heavy atom. The van der Waals surface area contributed by atoms with Crippen LogP contribution in [-0.2, 0) is 22.1 Å². The van der Waals surface area contributed by atoms with Gasteiger partial charge in [0, 0.05) is 31.7 Å². The standard InChI is InChI=1S/C27H26FN3O4S/c28-21-8-5-19(6-9-21)18-31-23-17-20(26(32)29-11-12-30-13-15-35-16-14-30)7-10-25(23)36(34)24-4-2-1-3-22(24)27(31)33/h1-10,17H,11-16,18H2,(H,29,32)/t36-/m1/s1. The summed E-state index contributed by atoms with van der Waals surface area (Å²) in [4.78, 5) is 31.2. The van der Waals surface area contributed by atoms with Crippen LogP contribution in [0.4, 0.5) is 10.1 Å². The van der Waals surface area contributed by atoms with Gasteiger partial charge in [-0.2, -0.15) is 0 Å². The van der Waals surface area contributed by atoms with Gasteiger partial charge in [-0.05, 0) is 48.0 Å². The molecule has 3 aromatic rings. The molecule has 2 aliphatic heterocycles.